The second-order valence-electron chi connectivity index (χ2n) is 3.26. The Hall–Kier alpha value is -1.42. The Morgan fingerprint density at radius 1 is 1.38 bits per heavy atom. The van der Waals surface area contributed by atoms with E-state index >= 15 is 0 Å². The zero-order valence-electron chi connectivity index (χ0n) is 9.48. The second kappa shape index (κ2) is 5.61. The number of aryl methyl sites for hydroxylation is 1. The van der Waals surface area contributed by atoms with Crippen LogP contribution in [-0.2, 0) is 14.3 Å². The van der Waals surface area contributed by atoms with Gasteiger partial charge in [0.15, 0.2) is 0 Å². The van der Waals surface area contributed by atoms with E-state index in [1.807, 2.05) is 19.1 Å². The van der Waals surface area contributed by atoms with Gasteiger partial charge in [0.1, 0.15) is 5.57 Å². The Labute approximate surface area is 100 Å². The van der Waals surface area contributed by atoms with Crippen molar-refractivity contribution in [3.63, 3.8) is 0 Å². The maximum atomic E-state index is 11.6. The normalized spacial score (nSPS) is 11.1. The van der Waals surface area contributed by atoms with Gasteiger partial charge in [0, 0.05) is 4.90 Å². The number of benzene rings is 1. The minimum Gasteiger partial charge on any atom is -0.503 e. The fourth-order valence-corrected chi connectivity index (χ4v) is 1.55. The molecule has 0 unspecified atom stereocenters. The maximum Gasteiger partial charge on any atom is 0.341 e. The van der Waals surface area contributed by atoms with E-state index in [2.05, 4.69) is 12.6 Å². The molecular formula is C12H14O3S. The van der Waals surface area contributed by atoms with Crippen molar-refractivity contribution in [1.29, 1.82) is 0 Å². The number of carbonyl (C=O) groups excluding carboxylic acids is 1. The highest BCUT2D eigenvalue weighted by Crippen LogP contribution is 2.23. The summed E-state index contributed by atoms with van der Waals surface area (Å²) in [4.78, 5) is 12.4. The average Bonchev–Trinajstić information content (AvgIpc) is 2.28. The minimum absolute atomic E-state index is 0.387. The van der Waals surface area contributed by atoms with Crippen LogP contribution in [0.4, 0.5) is 0 Å². The number of methoxy groups -OCH3 is 2. The summed E-state index contributed by atoms with van der Waals surface area (Å²) in [5.41, 5.74) is 2.12. The molecule has 0 saturated heterocycles. The number of ether oxygens (including phenoxy) is 2. The minimum atomic E-state index is -0.427. The summed E-state index contributed by atoms with van der Waals surface area (Å²) < 4.78 is 9.59. The van der Waals surface area contributed by atoms with Crippen LogP contribution in [0.3, 0.4) is 0 Å². The number of rotatable bonds is 3. The third kappa shape index (κ3) is 2.79. The third-order valence-electron chi connectivity index (χ3n) is 2.15. The van der Waals surface area contributed by atoms with Crippen LogP contribution in [0.2, 0.25) is 0 Å². The Morgan fingerprint density at radius 3 is 2.62 bits per heavy atom. The van der Waals surface area contributed by atoms with Crippen molar-refractivity contribution in [1.82, 2.24) is 0 Å². The van der Waals surface area contributed by atoms with E-state index in [-0.39, 0.29) is 0 Å². The molecule has 4 heteroatoms. The fourth-order valence-electron chi connectivity index (χ4n) is 1.35. The summed E-state index contributed by atoms with van der Waals surface area (Å²) in [7, 11) is 2.83. The van der Waals surface area contributed by atoms with Gasteiger partial charge in [-0.1, -0.05) is 6.07 Å². The predicted molar refractivity (Wildman–Crippen MR) is 65.4 cm³/mol. The number of hydrogen-bond donors (Lipinski definition) is 1. The highest BCUT2D eigenvalue weighted by molar-refractivity contribution is 7.80. The maximum absolute atomic E-state index is 11.6. The van der Waals surface area contributed by atoms with Crippen LogP contribution in [-0.4, -0.2) is 20.2 Å². The molecule has 86 valence electrons. The number of esters is 1. The van der Waals surface area contributed by atoms with Crippen LogP contribution in [0, 0.1) is 6.92 Å². The molecule has 0 aliphatic heterocycles. The van der Waals surface area contributed by atoms with Crippen molar-refractivity contribution in [3.05, 3.63) is 35.6 Å². The monoisotopic (exact) mass is 238 g/mol. The lowest BCUT2D eigenvalue weighted by Crippen LogP contribution is -2.05. The van der Waals surface area contributed by atoms with Gasteiger partial charge in [-0.3, -0.25) is 0 Å². The third-order valence-corrected chi connectivity index (χ3v) is 2.43. The lowest BCUT2D eigenvalue weighted by Gasteiger charge is -2.09. The Bertz CT molecular complexity index is 424. The Kier molecular flexibility index (Phi) is 4.43. The van der Waals surface area contributed by atoms with Gasteiger partial charge in [0.25, 0.3) is 0 Å². The average molecular weight is 238 g/mol. The van der Waals surface area contributed by atoms with Crippen molar-refractivity contribution in [2.75, 3.05) is 14.2 Å². The first-order chi connectivity index (χ1) is 7.60. The summed E-state index contributed by atoms with van der Waals surface area (Å²) in [5.74, 6) is -0.427. The summed E-state index contributed by atoms with van der Waals surface area (Å²) in [6.45, 7) is 1.91. The molecule has 0 aliphatic carbocycles. The van der Waals surface area contributed by atoms with E-state index in [0.717, 1.165) is 16.0 Å². The van der Waals surface area contributed by atoms with Crippen LogP contribution in [0.15, 0.2) is 29.4 Å². The van der Waals surface area contributed by atoms with Crippen LogP contribution in [0.25, 0.3) is 5.57 Å². The van der Waals surface area contributed by atoms with Gasteiger partial charge in [-0.05, 0) is 30.2 Å². The topological polar surface area (TPSA) is 35.5 Å². The van der Waals surface area contributed by atoms with E-state index < -0.39 is 5.97 Å². The van der Waals surface area contributed by atoms with Gasteiger partial charge in [-0.2, -0.15) is 0 Å². The Morgan fingerprint density at radius 2 is 2.06 bits per heavy atom. The predicted octanol–water partition coefficient (Wildman–Crippen LogP) is 2.44. The van der Waals surface area contributed by atoms with E-state index in [1.165, 1.54) is 20.5 Å². The van der Waals surface area contributed by atoms with Gasteiger partial charge < -0.3 is 9.47 Å². The zero-order chi connectivity index (χ0) is 12.1. The van der Waals surface area contributed by atoms with Gasteiger partial charge in [0.05, 0.1) is 20.5 Å². The van der Waals surface area contributed by atoms with Crippen LogP contribution in [0.1, 0.15) is 11.1 Å². The first-order valence-corrected chi connectivity index (χ1v) is 5.16. The second-order valence-corrected chi connectivity index (χ2v) is 3.77. The summed E-state index contributed by atoms with van der Waals surface area (Å²) in [6, 6.07) is 5.56. The number of carbonyl (C=O) groups is 1. The molecule has 1 aromatic carbocycles. The molecule has 0 aromatic heterocycles. The molecule has 16 heavy (non-hydrogen) atoms. The molecule has 1 rings (SSSR count). The molecule has 0 aliphatic rings. The van der Waals surface area contributed by atoms with Gasteiger partial charge in [-0.15, -0.1) is 12.6 Å². The van der Waals surface area contributed by atoms with Crippen LogP contribution in [0.5, 0.6) is 0 Å². The van der Waals surface area contributed by atoms with Crippen molar-refractivity contribution >= 4 is 24.2 Å². The van der Waals surface area contributed by atoms with Crippen LogP contribution < -0.4 is 0 Å². The lowest BCUT2D eigenvalue weighted by atomic mass is 10.0. The molecule has 0 saturated carbocycles. The number of thiol groups is 1. The van der Waals surface area contributed by atoms with Crippen molar-refractivity contribution in [3.8, 4) is 0 Å². The van der Waals surface area contributed by atoms with E-state index in [4.69, 9.17) is 9.47 Å². The standard InChI is InChI=1S/C12H14O3S/c1-8-4-5-9(16)6-10(8)11(7-14-2)12(13)15-3/h4-7,16H,1-3H3/b11-7+. The molecule has 0 fully saturated rings. The summed E-state index contributed by atoms with van der Waals surface area (Å²) in [6.07, 6.45) is 1.38. The van der Waals surface area contributed by atoms with Crippen molar-refractivity contribution < 1.29 is 14.3 Å². The fraction of sp³-hybridized carbons (Fsp3) is 0.250. The van der Waals surface area contributed by atoms with Crippen molar-refractivity contribution in [2.45, 2.75) is 11.8 Å². The summed E-state index contributed by atoms with van der Waals surface area (Å²) >= 11 is 4.24. The van der Waals surface area contributed by atoms with Gasteiger partial charge >= 0.3 is 5.97 Å². The van der Waals surface area contributed by atoms with Gasteiger partial charge in [0.2, 0.25) is 0 Å². The Balaban J connectivity index is 3.26. The molecule has 3 nitrogen and oxygen atoms in total. The molecule has 0 bridgehead atoms. The van der Waals surface area contributed by atoms with Crippen LogP contribution >= 0.6 is 12.6 Å². The molecule has 0 N–H and O–H groups in total. The number of hydrogen-bond acceptors (Lipinski definition) is 4. The molecule has 0 heterocycles. The lowest BCUT2D eigenvalue weighted by molar-refractivity contribution is -0.133. The molecular weight excluding hydrogens is 224 g/mol. The highest BCUT2D eigenvalue weighted by atomic mass is 32.1. The molecule has 1 aromatic rings. The first kappa shape index (κ1) is 12.6. The highest BCUT2D eigenvalue weighted by Gasteiger charge is 2.15. The molecule has 0 radical (unpaired) electrons. The summed E-state index contributed by atoms with van der Waals surface area (Å²) in [5, 5.41) is 0. The molecule has 0 spiro atoms. The smallest absolute Gasteiger partial charge is 0.341 e. The zero-order valence-corrected chi connectivity index (χ0v) is 10.4. The van der Waals surface area contributed by atoms with E-state index in [0.29, 0.717) is 5.57 Å². The molecule has 0 amide bonds. The first-order valence-electron chi connectivity index (χ1n) is 4.71. The quantitative estimate of drug-likeness (QED) is 0.380. The molecule has 0 atom stereocenters. The largest absolute Gasteiger partial charge is 0.503 e. The van der Waals surface area contributed by atoms with E-state index in [1.54, 1.807) is 6.07 Å². The van der Waals surface area contributed by atoms with E-state index in [9.17, 15) is 4.79 Å². The van der Waals surface area contributed by atoms with Crippen molar-refractivity contribution in [2.24, 2.45) is 0 Å². The SMILES string of the molecule is CO/C=C(/C(=O)OC)c1cc(S)ccc1C. The van der Waals surface area contributed by atoms with Gasteiger partial charge in [-0.25, -0.2) is 4.79 Å².